The van der Waals surface area contributed by atoms with Gasteiger partial charge in [0.25, 0.3) is 5.91 Å². The summed E-state index contributed by atoms with van der Waals surface area (Å²) in [4.78, 5) is 57.8. The van der Waals surface area contributed by atoms with Crippen LogP contribution in [-0.2, 0) is 25.7 Å². The average Bonchev–Trinajstić information content (AvgIpc) is 4.03. The van der Waals surface area contributed by atoms with Crippen molar-refractivity contribution in [3.8, 4) is 0 Å². The van der Waals surface area contributed by atoms with Crippen LogP contribution in [0.4, 0.5) is 10.1 Å². The molecule has 262 valence electrons. The average molecular weight is 668 g/mol. The highest BCUT2D eigenvalue weighted by molar-refractivity contribution is 6.01. The number of amides is 4. The molecule has 13 heteroatoms. The molecule has 4 amide bonds. The molecule has 0 radical (unpaired) electrons. The predicted octanol–water partition coefficient (Wildman–Crippen LogP) is 3.00. The summed E-state index contributed by atoms with van der Waals surface area (Å²) in [6.07, 6.45) is 4.81. The quantitative estimate of drug-likeness (QED) is 0.266. The van der Waals surface area contributed by atoms with Crippen molar-refractivity contribution in [3.63, 3.8) is 0 Å². The van der Waals surface area contributed by atoms with Crippen LogP contribution in [0.1, 0.15) is 75.3 Å². The number of aryl methyl sites for hydroxylation is 1. The molecule has 1 aromatic carbocycles. The third-order valence-electron chi connectivity index (χ3n) is 9.98. The van der Waals surface area contributed by atoms with Crippen molar-refractivity contribution < 1.29 is 28.3 Å². The number of benzene rings is 1. The van der Waals surface area contributed by atoms with E-state index >= 15 is 4.39 Å². The number of hydrogen-bond donors (Lipinski definition) is 3. The van der Waals surface area contributed by atoms with Crippen molar-refractivity contribution in [1.29, 1.82) is 0 Å². The standard InChI is InChI=1S/C35H50FN7O5/c1-6-43-28(14-15-37-43)33(45)40-31(29(23-8-9-23)24-10-11-24)34(46)38-27-13-12-25(20-26(27)36)21(3)30(39-32(44)22(4)48-7-2)35(47)42-18-16-41(5)17-19-42/h12-15,20-24,29-31H,6-11,16-19H2,1-5H3,(H,38,46)(H,39,44)(H,40,45)/t21-,22-,30+,31-/m0/s1. The number of carbonyl (C=O) groups excluding carboxylic acids is 4. The van der Waals surface area contributed by atoms with Gasteiger partial charge in [0.2, 0.25) is 17.7 Å². The van der Waals surface area contributed by atoms with Gasteiger partial charge in [-0.2, -0.15) is 5.10 Å². The lowest BCUT2D eigenvalue weighted by atomic mass is 9.88. The van der Waals surface area contributed by atoms with Crippen LogP contribution in [0.15, 0.2) is 30.5 Å². The Morgan fingerprint density at radius 1 is 0.938 bits per heavy atom. The second-order valence-corrected chi connectivity index (χ2v) is 13.5. The molecule has 1 saturated heterocycles. The van der Waals surface area contributed by atoms with Gasteiger partial charge in [0.1, 0.15) is 29.7 Å². The van der Waals surface area contributed by atoms with Gasteiger partial charge in [0.05, 0.1) is 5.69 Å². The summed E-state index contributed by atoms with van der Waals surface area (Å²) in [7, 11) is 1.99. The number of piperazine rings is 1. The van der Waals surface area contributed by atoms with Crippen molar-refractivity contribution in [1.82, 2.24) is 30.2 Å². The fraction of sp³-hybridized carbons (Fsp3) is 0.629. The first-order chi connectivity index (χ1) is 23.0. The van der Waals surface area contributed by atoms with Gasteiger partial charge in [0.15, 0.2) is 0 Å². The van der Waals surface area contributed by atoms with Crippen LogP contribution in [0.3, 0.4) is 0 Å². The maximum Gasteiger partial charge on any atom is 0.270 e. The van der Waals surface area contributed by atoms with E-state index in [4.69, 9.17) is 4.74 Å². The Morgan fingerprint density at radius 2 is 1.60 bits per heavy atom. The highest BCUT2D eigenvalue weighted by Gasteiger charge is 2.48. The van der Waals surface area contributed by atoms with Crippen LogP contribution in [-0.4, -0.2) is 101 Å². The first kappa shape index (κ1) is 35.5. The summed E-state index contributed by atoms with van der Waals surface area (Å²) in [5.41, 5.74) is 0.845. The highest BCUT2D eigenvalue weighted by Crippen LogP contribution is 2.51. The third kappa shape index (κ3) is 8.41. The first-order valence-corrected chi connectivity index (χ1v) is 17.3. The fourth-order valence-electron chi connectivity index (χ4n) is 6.76. The Bertz CT molecular complexity index is 1450. The lowest BCUT2D eigenvalue weighted by molar-refractivity contribution is -0.141. The largest absolute Gasteiger partial charge is 0.369 e. The SMILES string of the molecule is CCO[C@@H](C)C(=O)N[C@@H](C(=O)N1CCN(C)CC1)[C@@H](C)c1ccc(NC(=O)[C@@H](NC(=O)c2ccnn2CC)C(C2CC2)C2CC2)c(F)c1. The van der Waals surface area contributed by atoms with Crippen LogP contribution in [0.25, 0.3) is 0 Å². The second-order valence-electron chi connectivity index (χ2n) is 13.5. The molecule has 48 heavy (non-hydrogen) atoms. The molecule has 5 rings (SSSR count). The molecule has 3 N–H and O–H groups in total. The molecule has 0 unspecified atom stereocenters. The number of anilines is 1. The highest BCUT2D eigenvalue weighted by atomic mass is 19.1. The van der Waals surface area contributed by atoms with E-state index in [2.05, 4.69) is 25.9 Å². The normalized spacial score (nSPS) is 19.4. The van der Waals surface area contributed by atoms with Crippen LogP contribution >= 0.6 is 0 Å². The van der Waals surface area contributed by atoms with E-state index in [0.29, 0.717) is 62.4 Å². The van der Waals surface area contributed by atoms with Gasteiger partial charge < -0.3 is 30.5 Å². The number of nitrogens with zero attached hydrogens (tertiary/aromatic N) is 4. The van der Waals surface area contributed by atoms with Crippen LogP contribution < -0.4 is 16.0 Å². The van der Waals surface area contributed by atoms with E-state index in [1.807, 2.05) is 14.0 Å². The summed E-state index contributed by atoms with van der Waals surface area (Å²) < 4.78 is 22.8. The van der Waals surface area contributed by atoms with E-state index in [1.165, 1.54) is 12.1 Å². The number of ether oxygens (including phenoxy) is 1. The molecule has 2 saturated carbocycles. The minimum atomic E-state index is -0.947. The molecule has 0 spiro atoms. The topological polar surface area (TPSA) is 138 Å². The van der Waals surface area contributed by atoms with Crippen LogP contribution in [0.2, 0.25) is 0 Å². The van der Waals surface area contributed by atoms with Crippen molar-refractivity contribution in [2.45, 2.75) is 84.0 Å². The van der Waals surface area contributed by atoms with Gasteiger partial charge in [0, 0.05) is 51.4 Å². The first-order valence-electron chi connectivity index (χ1n) is 17.3. The third-order valence-corrected chi connectivity index (χ3v) is 9.98. The van der Waals surface area contributed by atoms with Gasteiger partial charge >= 0.3 is 0 Å². The zero-order chi connectivity index (χ0) is 34.5. The fourth-order valence-corrected chi connectivity index (χ4v) is 6.76. The van der Waals surface area contributed by atoms with Crippen molar-refractivity contribution in [2.24, 2.45) is 17.8 Å². The van der Waals surface area contributed by atoms with E-state index in [1.54, 1.807) is 48.7 Å². The number of aromatic nitrogens is 2. The maximum atomic E-state index is 15.8. The Labute approximate surface area is 282 Å². The number of carbonyl (C=O) groups is 4. The molecule has 12 nitrogen and oxygen atoms in total. The van der Waals surface area contributed by atoms with Crippen molar-refractivity contribution >= 4 is 29.3 Å². The molecule has 3 aliphatic rings. The lowest BCUT2D eigenvalue weighted by Crippen LogP contribution is -2.56. The predicted molar refractivity (Wildman–Crippen MR) is 179 cm³/mol. The summed E-state index contributed by atoms with van der Waals surface area (Å²) in [6, 6.07) is 4.29. The number of nitrogens with one attached hydrogen (secondary N) is 3. The summed E-state index contributed by atoms with van der Waals surface area (Å²) in [5, 5.41) is 12.8. The van der Waals surface area contributed by atoms with Gasteiger partial charge in [-0.3, -0.25) is 23.9 Å². The molecule has 2 aliphatic carbocycles. The van der Waals surface area contributed by atoms with Gasteiger partial charge in [-0.05, 0) is 95.0 Å². The van der Waals surface area contributed by atoms with Gasteiger partial charge in [-0.15, -0.1) is 0 Å². The minimum Gasteiger partial charge on any atom is -0.369 e. The number of halogens is 1. The van der Waals surface area contributed by atoms with Crippen LogP contribution in [0, 0.1) is 23.6 Å². The second kappa shape index (κ2) is 15.6. The van der Waals surface area contributed by atoms with Crippen LogP contribution in [0.5, 0.6) is 0 Å². The Kier molecular flexibility index (Phi) is 11.5. The molecule has 3 fully saturated rings. The van der Waals surface area contributed by atoms with Gasteiger partial charge in [-0.1, -0.05) is 13.0 Å². The van der Waals surface area contributed by atoms with E-state index in [-0.39, 0.29) is 23.4 Å². The van der Waals surface area contributed by atoms with E-state index in [9.17, 15) is 19.2 Å². The summed E-state index contributed by atoms with van der Waals surface area (Å²) in [5.74, 6) is -2.11. The molecule has 1 aromatic heterocycles. The monoisotopic (exact) mass is 667 g/mol. The molecule has 4 atom stereocenters. The van der Waals surface area contributed by atoms with Crippen molar-refractivity contribution in [2.75, 3.05) is 45.2 Å². The number of rotatable bonds is 15. The summed E-state index contributed by atoms with van der Waals surface area (Å²) >= 11 is 0. The van der Waals surface area contributed by atoms with E-state index in [0.717, 1.165) is 25.7 Å². The number of likely N-dealkylation sites (N-methyl/N-ethyl adjacent to an activating group) is 1. The Morgan fingerprint density at radius 3 is 2.19 bits per heavy atom. The minimum absolute atomic E-state index is 0.0184. The zero-order valence-corrected chi connectivity index (χ0v) is 28.7. The maximum absolute atomic E-state index is 15.8. The summed E-state index contributed by atoms with van der Waals surface area (Å²) in [6.45, 7) is 10.4. The molecule has 2 aromatic rings. The molecule has 0 bridgehead atoms. The van der Waals surface area contributed by atoms with Crippen molar-refractivity contribution in [3.05, 3.63) is 47.5 Å². The smallest absolute Gasteiger partial charge is 0.270 e. The van der Waals surface area contributed by atoms with Gasteiger partial charge in [-0.25, -0.2) is 4.39 Å². The lowest BCUT2D eigenvalue weighted by Gasteiger charge is -2.36. The molecule has 2 heterocycles. The molecular weight excluding hydrogens is 617 g/mol. The Hall–Kier alpha value is -3.84. The number of hydrogen-bond acceptors (Lipinski definition) is 7. The zero-order valence-electron chi connectivity index (χ0n) is 28.7. The Balaban J connectivity index is 1.34. The molecular formula is C35H50FN7O5. The van der Waals surface area contributed by atoms with E-state index < -0.39 is 41.7 Å². The molecule has 1 aliphatic heterocycles.